The third kappa shape index (κ3) is 3.90. The van der Waals surface area contributed by atoms with E-state index in [9.17, 15) is 19.7 Å². The van der Waals surface area contributed by atoms with Gasteiger partial charge in [0.1, 0.15) is 17.1 Å². The van der Waals surface area contributed by atoms with E-state index in [4.69, 9.17) is 27.6 Å². The van der Waals surface area contributed by atoms with Crippen molar-refractivity contribution in [1.29, 1.82) is 0 Å². The first kappa shape index (κ1) is 20.6. The number of furan rings is 1. The van der Waals surface area contributed by atoms with Gasteiger partial charge in [-0.25, -0.2) is 5.01 Å². The van der Waals surface area contributed by atoms with Crippen LogP contribution in [0.25, 0.3) is 17.4 Å². The van der Waals surface area contributed by atoms with Crippen molar-refractivity contribution >= 4 is 52.5 Å². The molecule has 0 unspecified atom stereocenters. The number of nitro groups is 1. The van der Waals surface area contributed by atoms with E-state index < -0.39 is 16.7 Å². The maximum atomic E-state index is 12.8. The number of hydrogen-bond acceptors (Lipinski definition) is 5. The van der Waals surface area contributed by atoms with Crippen molar-refractivity contribution in [2.75, 3.05) is 5.01 Å². The molecule has 0 saturated carbocycles. The third-order valence-electron chi connectivity index (χ3n) is 4.64. The molecule has 156 valence electrons. The molecule has 2 amide bonds. The van der Waals surface area contributed by atoms with E-state index in [0.717, 1.165) is 10.6 Å². The number of benzene rings is 2. The standard InChI is InChI=1S/C21H13Cl2N3O5/c1-11-2-3-12(9-18(11)23)25-21(28)16(20(27)24-25)10-14-5-7-19(31-14)15-8-13(26(29)30)4-6-17(15)22/h2-10H,1H3,(H,24,27). The molecule has 2 heterocycles. The van der Waals surface area contributed by atoms with Gasteiger partial charge >= 0.3 is 0 Å². The lowest BCUT2D eigenvalue weighted by Gasteiger charge is -2.15. The Balaban J connectivity index is 1.64. The van der Waals surface area contributed by atoms with Crippen molar-refractivity contribution in [3.8, 4) is 11.3 Å². The van der Waals surface area contributed by atoms with Crippen molar-refractivity contribution < 1.29 is 18.9 Å². The van der Waals surface area contributed by atoms with Gasteiger partial charge in [-0.15, -0.1) is 0 Å². The molecule has 4 rings (SSSR count). The predicted octanol–water partition coefficient (Wildman–Crippen LogP) is 4.93. The molecule has 10 heteroatoms. The lowest BCUT2D eigenvalue weighted by Crippen LogP contribution is -2.35. The first-order valence-electron chi connectivity index (χ1n) is 8.92. The molecule has 1 fully saturated rings. The van der Waals surface area contributed by atoms with Crippen LogP contribution in [0.3, 0.4) is 0 Å². The Bertz CT molecular complexity index is 1280. The Morgan fingerprint density at radius 1 is 1.06 bits per heavy atom. The number of anilines is 1. The number of nitrogens with zero attached hydrogens (tertiary/aromatic N) is 2. The number of aryl methyl sites for hydroxylation is 1. The van der Waals surface area contributed by atoms with Gasteiger partial charge in [0.25, 0.3) is 17.5 Å². The number of halogens is 2. The number of hydrazine groups is 1. The second-order valence-corrected chi connectivity index (χ2v) is 7.51. The maximum absolute atomic E-state index is 12.8. The van der Waals surface area contributed by atoms with E-state index in [1.165, 1.54) is 30.3 Å². The number of non-ortho nitro benzene ring substituents is 1. The van der Waals surface area contributed by atoms with Crippen molar-refractivity contribution in [2.24, 2.45) is 0 Å². The number of carbonyl (C=O) groups is 2. The Kier molecular flexibility index (Phi) is 5.26. The monoisotopic (exact) mass is 457 g/mol. The van der Waals surface area contributed by atoms with E-state index in [2.05, 4.69) is 5.43 Å². The van der Waals surface area contributed by atoms with Gasteiger partial charge in [0.05, 0.1) is 15.6 Å². The molecule has 1 aromatic heterocycles. The predicted molar refractivity (Wildman–Crippen MR) is 116 cm³/mol. The number of nitro benzene ring substituents is 1. The quantitative estimate of drug-likeness (QED) is 0.258. The summed E-state index contributed by atoms with van der Waals surface area (Å²) in [6.45, 7) is 1.82. The highest BCUT2D eigenvalue weighted by Crippen LogP contribution is 2.33. The van der Waals surface area contributed by atoms with Crippen LogP contribution in [-0.4, -0.2) is 16.7 Å². The molecule has 1 saturated heterocycles. The Hall–Kier alpha value is -3.62. The summed E-state index contributed by atoms with van der Waals surface area (Å²) in [4.78, 5) is 35.6. The summed E-state index contributed by atoms with van der Waals surface area (Å²) in [7, 11) is 0. The zero-order valence-corrected chi connectivity index (χ0v) is 17.4. The fraction of sp³-hybridized carbons (Fsp3) is 0.0476. The molecule has 1 N–H and O–H groups in total. The smallest absolute Gasteiger partial charge is 0.282 e. The van der Waals surface area contributed by atoms with Gasteiger partial charge in [-0.2, -0.15) is 0 Å². The summed E-state index contributed by atoms with van der Waals surface area (Å²) < 4.78 is 5.66. The van der Waals surface area contributed by atoms with E-state index >= 15 is 0 Å². The summed E-state index contributed by atoms with van der Waals surface area (Å²) in [6.07, 6.45) is 1.29. The maximum Gasteiger partial charge on any atom is 0.282 e. The summed E-state index contributed by atoms with van der Waals surface area (Å²) in [5, 5.41) is 12.8. The molecule has 0 atom stereocenters. The van der Waals surface area contributed by atoms with Crippen LogP contribution in [0.5, 0.6) is 0 Å². The van der Waals surface area contributed by atoms with Gasteiger partial charge in [0.2, 0.25) is 0 Å². The molecular weight excluding hydrogens is 445 g/mol. The first-order valence-corrected chi connectivity index (χ1v) is 9.67. The molecule has 0 spiro atoms. The average Bonchev–Trinajstić information content (AvgIpc) is 3.30. The number of nitrogens with one attached hydrogen (secondary N) is 1. The van der Waals surface area contributed by atoms with Crippen LogP contribution in [0.4, 0.5) is 11.4 Å². The van der Waals surface area contributed by atoms with Crippen LogP contribution in [0.1, 0.15) is 11.3 Å². The Morgan fingerprint density at radius 2 is 1.84 bits per heavy atom. The fourth-order valence-corrected chi connectivity index (χ4v) is 3.38. The second kappa shape index (κ2) is 7.90. The van der Waals surface area contributed by atoms with Crippen LogP contribution in [-0.2, 0) is 9.59 Å². The molecular formula is C21H13Cl2N3O5. The molecule has 8 nitrogen and oxygen atoms in total. The summed E-state index contributed by atoms with van der Waals surface area (Å²) in [6, 6.07) is 12.0. The molecule has 2 aromatic carbocycles. The number of hydrogen-bond donors (Lipinski definition) is 1. The normalized spacial score (nSPS) is 14.9. The van der Waals surface area contributed by atoms with Gasteiger partial charge in [0.15, 0.2) is 0 Å². The van der Waals surface area contributed by atoms with Gasteiger partial charge in [-0.05, 0) is 48.9 Å². The number of amides is 2. The second-order valence-electron chi connectivity index (χ2n) is 6.70. The molecule has 1 aliphatic heterocycles. The minimum absolute atomic E-state index is 0.136. The fourth-order valence-electron chi connectivity index (χ4n) is 2.99. The zero-order chi connectivity index (χ0) is 22.3. The van der Waals surface area contributed by atoms with Gasteiger partial charge in [0, 0.05) is 22.7 Å². The number of rotatable bonds is 4. The van der Waals surface area contributed by atoms with E-state index in [1.807, 2.05) is 6.92 Å². The van der Waals surface area contributed by atoms with Gasteiger partial charge < -0.3 is 4.42 Å². The van der Waals surface area contributed by atoms with Crippen molar-refractivity contribution in [3.63, 3.8) is 0 Å². The van der Waals surface area contributed by atoms with E-state index in [1.54, 1.807) is 24.3 Å². The molecule has 0 radical (unpaired) electrons. The summed E-state index contributed by atoms with van der Waals surface area (Å²) >= 11 is 12.3. The van der Waals surface area contributed by atoms with E-state index in [-0.39, 0.29) is 27.8 Å². The van der Waals surface area contributed by atoms with Crippen LogP contribution < -0.4 is 10.4 Å². The van der Waals surface area contributed by atoms with Crippen molar-refractivity contribution in [1.82, 2.24) is 5.43 Å². The number of carbonyl (C=O) groups excluding carboxylic acids is 2. The highest BCUT2D eigenvalue weighted by Gasteiger charge is 2.35. The molecule has 0 bridgehead atoms. The van der Waals surface area contributed by atoms with Gasteiger partial charge in [-0.3, -0.25) is 25.1 Å². The Labute approximate surface area is 185 Å². The lowest BCUT2D eigenvalue weighted by molar-refractivity contribution is -0.384. The van der Waals surface area contributed by atoms with Crippen molar-refractivity contribution in [3.05, 3.63) is 85.6 Å². The highest BCUT2D eigenvalue weighted by atomic mass is 35.5. The largest absolute Gasteiger partial charge is 0.457 e. The summed E-state index contributed by atoms with van der Waals surface area (Å²) in [5.41, 5.74) is 3.77. The highest BCUT2D eigenvalue weighted by molar-refractivity contribution is 6.34. The van der Waals surface area contributed by atoms with Crippen LogP contribution in [0, 0.1) is 17.0 Å². The molecule has 1 aliphatic rings. The Morgan fingerprint density at radius 3 is 2.55 bits per heavy atom. The average molecular weight is 458 g/mol. The minimum atomic E-state index is -0.604. The van der Waals surface area contributed by atoms with Crippen LogP contribution in [0.2, 0.25) is 10.0 Å². The lowest BCUT2D eigenvalue weighted by atomic mass is 10.1. The van der Waals surface area contributed by atoms with Crippen LogP contribution >= 0.6 is 23.2 Å². The van der Waals surface area contributed by atoms with Crippen molar-refractivity contribution in [2.45, 2.75) is 6.92 Å². The first-order chi connectivity index (χ1) is 14.7. The van der Waals surface area contributed by atoms with Crippen LogP contribution in [0.15, 0.2) is 58.5 Å². The molecule has 31 heavy (non-hydrogen) atoms. The minimum Gasteiger partial charge on any atom is -0.457 e. The van der Waals surface area contributed by atoms with E-state index in [0.29, 0.717) is 16.3 Å². The molecule has 0 aliphatic carbocycles. The zero-order valence-electron chi connectivity index (χ0n) is 15.9. The SMILES string of the molecule is Cc1ccc(N2NC(=O)C(=Cc3ccc(-c4cc([N+](=O)[O-])ccc4Cl)o3)C2=O)cc1Cl. The summed E-state index contributed by atoms with van der Waals surface area (Å²) in [5.74, 6) is -0.710. The third-order valence-corrected chi connectivity index (χ3v) is 5.38. The van der Waals surface area contributed by atoms with Gasteiger partial charge in [-0.1, -0.05) is 29.3 Å². The topological polar surface area (TPSA) is 106 Å². The molecule has 3 aromatic rings.